The molecule has 1 heterocycles. The summed E-state index contributed by atoms with van der Waals surface area (Å²) in [5.74, 6) is -0.885. The van der Waals surface area contributed by atoms with Crippen LogP contribution in [0, 0.1) is 6.92 Å². The quantitative estimate of drug-likeness (QED) is 0.838. The Balaban J connectivity index is 2.35. The van der Waals surface area contributed by atoms with Gasteiger partial charge in [0.1, 0.15) is 0 Å². The van der Waals surface area contributed by atoms with Gasteiger partial charge in [0.15, 0.2) is 0 Å². The van der Waals surface area contributed by atoms with Gasteiger partial charge in [0, 0.05) is 4.88 Å². The van der Waals surface area contributed by atoms with E-state index in [1.54, 1.807) is 23.5 Å². The first-order valence-electron chi connectivity index (χ1n) is 4.55. The first-order valence-corrected chi connectivity index (χ1v) is 5.43. The highest BCUT2D eigenvalue weighted by atomic mass is 32.1. The van der Waals surface area contributed by atoms with Gasteiger partial charge in [-0.15, -0.1) is 11.3 Å². The standard InChI is InChI=1S/C12H10O2S/c1-8-6-11(15-7-8)9-2-4-10(5-3-9)12(13)14/h2-7H,1H3,(H,13,14). The van der Waals surface area contributed by atoms with Crippen LogP contribution < -0.4 is 0 Å². The first-order chi connectivity index (χ1) is 7.16. The van der Waals surface area contributed by atoms with Gasteiger partial charge in [-0.3, -0.25) is 0 Å². The maximum Gasteiger partial charge on any atom is 0.335 e. The summed E-state index contributed by atoms with van der Waals surface area (Å²) in [6, 6.07) is 9.04. The van der Waals surface area contributed by atoms with Gasteiger partial charge >= 0.3 is 5.97 Å². The number of aryl methyl sites for hydroxylation is 1. The lowest BCUT2D eigenvalue weighted by molar-refractivity contribution is 0.0697. The van der Waals surface area contributed by atoms with Crippen molar-refractivity contribution in [1.29, 1.82) is 0 Å². The number of rotatable bonds is 2. The van der Waals surface area contributed by atoms with Crippen molar-refractivity contribution < 1.29 is 9.90 Å². The minimum absolute atomic E-state index is 0.326. The van der Waals surface area contributed by atoms with Crippen LogP contribution in [-0.4, -0.2) is 11.1 Å². The van der Waals surface area contributed by atoms with Crippen molar-refractivity contribution >= 4 is 17.3 Å². The Bertz CT molecular complexity index is 483. The molecule has 0 fully saturated rings. The molecule has 0 aliphatic rings. The molecule has 76 valence electrons. The number of carboxylic acids is 1. The van der Waals surface area contributed by atoms with E-state index in [4.69, 9.17) is 5.11 Å². The van der Waals surface area contributed by atoms with Gasteiger partial charge < -0.3 is 5.11 Å². The van der Waals surface area contributed by atoms with E-state index in [0.29, 0.717) is 5.56 Å². The highest BCUT2D eigenvalue weighted by Gasteiger charge is 2.04. The molecular weight excluding hydrogens is 208 g/mol. The minimum atomic E-state index is -0.885. The van der Waals surface area contributed by atoms with Crippen molar-refractivity contribution in [2.45, 2.75) is 6.92 Å². The Hall–Kier alpha value is -1.61. The van der Waals surface area contributed by atoms with E-state index in [2.05, 4.69) is 11.4 Å². The molecule has 0 saturated heterocycles. The van der Waals surface area contributed by atoms with Gasteiger partial charge in [-0.25, -0.2) is 4.79 Å². The van der Waals surface area contributed by atoms with Crippen molar-refractivity contribution in [3.63, 3.8) is 0 Å². The van der Waals surface area contributed by atoms with E-state index in [9.17, 15) is 4.79 Å². The number of hydrogen-bond acceptors (Lipinski definition) is 2. The third-order valence-electron chi connectivity index (χ3n) is 2.15. The zero-order valence-corrected chi connectivity index (χ0v) is 9.04. The summed E-state index contributed by atoms with van der Waals surface area (Å²) in [4.78, 5) is 11.8. The molecule has 0 atom stereocenters. The van der Waals surface area contributed by atoms with Crippen LogP contribution in [0.2, 0.25) is 0 Å². The molecule has 0 radical (unpaired) electrons. The Labute approximate surface area is 91.8 Å². The highest BCUT2D eigenvalue weighted by Crippen LogP contribution is 2.26. The molecule has 2 rings (SSSR count). The second kappa shape index (κ2) is 3.87. The Morgan fingerprint density at radius 3 is 2.40 bits per heavy atom. The van der Waals surface area contributed by atoms with Crippen LogP contribution in [0.5, 0.6) is 0 Å². The molecular formula is C12H10O2S. The van der Waals surface area contributed by atoms with Crippen LogP contribution in [0.4, 0.5) is 0 Å². The summed E-state index contributed by atoms with van der Waals surface area (Å²) in [6.07, 6.45) is 0. The van der Waals surface area contributed by atoms with E-state index in [-0.39, 0.29) is 0 Å². The lowest BCUT2D eigenvalue weighted by Gasteiger charge is -1.98. The second-order valence-electron chi connectivity index (χ2n) is 3.37. The van der Waals surface area contributed by atoms with Gasteiger partial charge in [-0.2, -0.15) is 0 Å². The fourth-order valence-corrected chi connectivity index (χ4v) is 2.27. The smallest absolute Gasteiger partial charge is 0.335 e. The fourth-order valence-electron chi connectivity index (χ4n) is 1.36. The summed E-state index contributed by atoms with van der Waals surface area (Å²) in [5, 5.41) is 10.8. The summed E-state index contributed by atoms with van der Waals surface area (Å²) < 4.78 is 0. The largest absolute Gasteiger partial charge is 0.478 e. The molecule has 0 saturated carbocycles. The molecule has 1 aromatic heterocycles. The Morgan fingerprint density at radius 2 is 1.93 bits per heavy atom. The average molecular weight is 218 g/mol. The van der Waals surface area contributed by atoms with E-state index in [1.165, 1.54) is 10.4 Å². The van der Waals surface area contributed by atoms with Gasteiger partial charge in [-0.1, -0.05) is 12.1 Å². The fraction of sp³-hybridized carbons (Fsp3) is 0.0833. The van der Waals surface area contributed by atoms with Crippen molar-refractivity contribution in [3.05, 3.63) is 46.8 Å². The molecule has 0 aliphatic carbocycles. The third-order valence-corrected chi connectivity index (χ3v) is 3.24. The summed E-state index contributed by atoms with van der Waals surface area (Å²) >= 11 is 1.67. The molecule has 0 amide bonds. The predicted molar refractivity (Wildman–Crippen MR) is 61.5 cm³/mol. The van der Waals surface area contributed by atoms with Crippen LogP contribution in [0.1, 0.15) is 15.9 Å². The van der Waals surface area contributed by atoms with E-state index in [0.717, 1.165) is 5.56 Å². The molecule has 0 spiro atoms. The molecule has 0 bridgehead atoms. The van der Waals surface area contributed by atoms with Crippen LogP contribution >= 0.6 is 11.3 Å². The lowest BCUT2D eigenvalue weighted by atomic mass is 10.1. The average Bonchev–Trinajstić information content (AvgIpc) is 2.65. The zero-order valence-electron chi connectivity index (χ0n) is 8.23. The van der Waals surface area contributed by atoms with Crippen molar-refractivity contribution in [2.75, 3.05) is 0 Å². The Kier molecular flexibility index (Phi) is 2.56. The first kappa shape index (κ1) is 9.93. The number of carboxylic acid groups (broad SMARTS) is 1. The van der Waals surface area contributed by atoms with Crippen LogP contribution in [0.3, 0.4) is 0 Å². The van der Waals surface area contributed by atoms with Gasteiger partial charge in [0.2, 0.25) is 0 Å². The molecule has 1 aromatic carbocycles. The van der Waals surface area contributed by atoms with Gasteiger partial charge in [0.05, 0.1) is 5.56 Å². The number of thiophene rings is 1. The maximum absolute atomic E-state index is 10.7. The molecule has 0 unspecified atom stereocenters. The Morgan fingerprint density at radius 1 is 1.27 bits per heavy atom. The maximum atomic E-state index is 10.7. The third kappa shape index (κ3) is 2.07. The van der Waals surface area contributed by atoms with Crippen LogP contribution in [0.15, 0.2) is 35.7 Å². The van der Waals surface area contributed by atoms with Crippen molar-refractivity contribution in [1.82, 2.24) is 0 Å². The van der Waals surface area contributed by atoms with Gasteiger partial charge in [-0.05, 0) is 41.6 Å². The van der Waals surface area contributed by atoms with Crippen LogP contribution in [0.25, 0.3) is 10.4 Å². The SMILES string of the molecule is Cc1csc(-c2ccc(C(=O)O)cc2)c1. The summed E-state index contributed by atoms with van der Waals surface area (Å²) in [6.45, 7) is 2.05. The zero-order chi connectivity index (χ0) is 10.8. The monoisotopic (exact) mass is 218 g/mol. The molecule has 2 nitrogen and oxygen atoms in total. The number of hydrogen-bond donors (Lipinski definition) is 1. The van der Waals surface area contributed by atoms with Gasteiger partial charge in [0.25, 0.3) is 0 Å². The predicted octanol–water partition coefficient (Wildman–Crippen LogP) is 3.42. The second-order valence-corrected chi connectivity index (χ2v) is 4.28. The number of carbonyl (C=O) groups is 1. The van der Waals surface area contributed by atoms with E-state index in [1.807, 2.05) is 19.1 Å². The van der Waals surface area contributed by atoms with E-state index < -0.39 is 5.97 Å². The molecule has 15 heavy (non-hydrogen) atoms. The molecule has 0 aliphatic heterocycles. The highest BCUT2D eigenvalue weighted by molar-refractivity contribution is 7.13. The normalized spacial score (nSPS) is 10.2. The summed E-state index contributed by atoms with van der Waals surface area (Å²) in [7, 11) is 0. The summed E-state index contributed by atoms with van der Waals surface area (Å²) in [5.41, 5.74) is 2.63. The van der Waals surface area contributed by atoms with Crippen molar-refractivity contribution in [3.8, 4) is 10.4 Å². The number of benzene rings is 1. The lowest BCUT2D eigenvalue weighted by Crippen LogP contribution is -1.94. The van der Waals surface area contributed by atoms with E-state index >= 15 is 0 Å². The number of aromatic carboxylic acids is 1. The topological polar surface area (TPSA) is 37.3 Å². The minimum Gasteiger partial charge on any atom is -0.478 e. The van der Waals surface area contributed by atoms with Crippen molar-refractivity contribution in [2.24, 2.45) is 0 Å². The molecule has 3 heteroatoms. The van der Waals surface area contributed by atoms with Crippen LogP contribution in [-0.2, 0) is 0 Å². The molecule has 1 N–H and O–H groups in total. The molecule has 2 aromatic rings.